The summed E-state index contributed by atoms with van der Waals surface area (Å²) < 4.78 is 8.06. The van der Waals surface area contributed by atoms with Crippen LogP contribution in [-0.2, 0) is 9.36 Å². The van der Waals surface area contributed by atoms with E-state index in [1.165, 1.54) is 0 Å². The van der Waals surface area contributed by atoms with Gasteiger partial charge in [-0.15, -0.1) is 0 Å². The van der Waals surface area contributed by atoms with E-state index in [1.54, 1.807) is 9.12 Å². The molecule has 1 aromatic carbocycles. The number of carboxylic acids is 1. The molecule has 1 saturated carbocycles. The molecule has 1 N–H and O–H groups in total. The van der Waals surface area contributed by atoms with Gasteiger partial charge in [-0.3, -0.25) is 14.2 Å². The van der Waals surface area contributed by atoms with Gasteiger partial charge < -0.3 is 5.11 Å². The highest BCUT2D eigenvalue weighted by Gasteiger charge is 2.49. The summed E-state index contributed by atoms with van der Waals surface area (Å²) in [7, 11) is 1.72. The summed E-state index contributed by atoms with van der Waals surface area (Å²) in [5.41, 5.74) is 3.15. The van der Waals surface area contributed by atoms with E-state index in [0.717, 1.165) is 67.2 Å². The number of carboxylic acid groups (broad SMARTS) is 1. The van der Waals surface area contributed by atoms with Gasteiger partial charge in [-0.25, -0.2) is 0 Å². The normalized spacial score (nSPS) is 16.4. The van der Waals surface area contributed by atoms with Crippen LogP contribution >= 0.6 is 9.12 Å². The third-order valence-electron chi connectivity index (χ3n) is 6.41. The third kappa shape index (κ3) is 6.22. The molecule has 0 aromatic heterocycles. The second kappa shape index (κ2) is 12.2. The minimum absolute atomic E-state index is 0.0834. The van der Waals surface area contributed by atoms with Crippen LogP contribution in [0.25, 0.3) is 0 Å². The molecule has 1 aromatic rings. The van der Waals surface area contributed by atoms with Crippen molar-refractivity contribution in [1.29, 1.82) is 0 Å². The summed E-state index contributed by atoms with van der Waals surface area (Å²) in [5.74, 6) is -1.27. The summed E-state index contributed by atoms with van der Waals surface area (Å²) in [4.78, 5) is 26.1. The monoisotopic (exact) mass is 420 g/mol. The number of unbranched alkanes of at least 4 members (excludes halogenated alkanes) is 3. The standard InChI is InChI=1S/C24H36O3.HOP/c1-5-6-7-9-12-20(23(26)27)24(13-10-8-11-14-24)22(25)21-18(3)15-17(2)16-19(21)4;1-2/h15-16,20H,5-14H2,1-4H3,(H,26,27);2H. The Bertz CT molecular complexity index is 669. The molecule has 0 aliphatic heterocycles. The molecule has 0 bridgehead atoms. The highest BCUT2D eigenvalue weighted by Crippen LogP contribution is 2.48. The highest BCUT2D eigenvalue weighted by molar-refractivity contribution is 7.00. The largest absolute Gasteiger partial charge is 0.481 e. The Morgan fingerprint density at radius 3 is 2.03 bits per heavy atom. The molecule has 5 heteroatoms. The molecule has 2 rings (SSSR count). The summed E-state index contributed by atoms with van der Waals surface area (Å²) >= 11 is 0. The van der Waals surface area contributed by atoms with Crippen LogP contribution in [0.3, 0.4) is 0 Å². The molecule has 0 spiro atoms. The lowest BCUT2D eigenvalue weighted by Crippen LogP contribution is -2.44. The number of carbonyl (C=O) groups is 2. The van der Waals surface area contributed by atoms with Gasteiger partial charge in [0, 0.05) is 11.0 Å². The highest BCUT2D eigenvalue weighted by atomic mass is 31.0. The molecule has 29 heavy (non-hydrogen) atoms. The summed E-state index contributed by atoms with van der Waals surface area (Å²) in [5, 5.41) is 10.1. The molecule has 1 aliphatic carbocycles. The van der Waals surface area contributed by atoms with Crippen LogP contribution in [0.2, 0.25) is 0 Å². The van der Waals surface area contributed by atoms with Crippen LogP contribution in [0, 0.1) is 32.1 Å². The number of ketones is 1. The van der Waals surface area contributed by atoms with Gasteiger partial charge in [0.05, 0.1) is 5.92 Å². The van der Waals surface area contributed by atoms with E-state index in [2.05, 4.69) is 6.92 Å². The SMILES string of the molecule is CCCCCCC(C(=O)O)C1(C(=O)c2c(C)cc(C)cc2C)CCCCC1.O=P. The van der Waals surface area contributed by atoms with Crippen molar-refractivity contribution < 1.29 is 19.3 Å². The number of aryl methyl sites for hydroxylation is 3. The average Bonchev–Trinajstić information content (AvgIpc) is 2.69. The van der Waals surface area contributed by atoms with Gasteiger partial charge in [0.2, 0.25) is 0 Å². The lowest BCUT2D eigenvalue weighted by Gasteiger charge is -2.41. The van der Waals surface area contributed by atoms with Crippen LogP contribution in [0.5, 0.6) is 0 Å². The summed E-state index contributed by atoms with van der Waals surface area (Å²) in [6.07, 6.45) is 9.25. The Kier molecular flexibility index (Phi) is 10.7. The van der Waals surface area contributed by atoms with Gasteiger partial charge in [-0.2, -0.15) is 0 Å². The van der Waals surface area contributed by atoms with Crippen molar-refractivity contribution in [2.45, 2.75) is 91.9 Å². The van der Waals surface area contributed by atoms with Crippen molar-refractivity contribution in [3.63, 3.8) is 0 Å². The predicted molar refractivity (Wildman–Crippen MR) is 119 cm³/mol. The number of carbonyl (C=O) groups excluding carboxylic acids is 1. The molecule has 0 amide bonds. The lowest BCUT2D eigenvalue weighted by molar-refractivity contribution is -0.146. The number of benzene rings is 1. The summed E-state index contributed by atoms with van der Waals surface area (Å²) in [6.45, 7) is 8.17. The Morgan fingerprint density at radius 2 is 1.55 bits per heavy atom. The van der Waals surface area contributed by atoms with Crippen LogP contribution in [0.1, 0.15) is 98.2 Å². The maximum atomic E-state index is 13.8. The number of hydrogen-bond acceptors (Lipinski definition) is 3. The molecule has 1 fully saturated rings. The summed E-state index contributed by atoms with van der Waals surface area (Å²) in [6, 6.07) is 4.10. The number of aliphatic carboxylic acids is 1. The average molecular weight is 421 g/mol. The maximum Gasteiger partial charge on any atom is 0.307 e. The Balaban J connectivity index is 0.00000204. The van der Waals surface area contributed by atoms with E-state index in [9.17, 15) is 14.7 Å². The second-order valence-corrected chi connectivity index (χ2v) is 8.56. The fourth-order valence-electron chi connectivity index (χ4n) is 5.11. The smallest absolute Gasteiger partial charge is 0.307 e. The van der Waals surface area contributed by atoms with E-state index < -0.39 is 17.3 Å². The van der Waals surface area contributed by atoms with E-state index in [0.29, 0.717) is 19.3 Å². The predicted octanol–water partition coefficient (Wildman–Crippen LogP) is 6.89. The molecule has 162 valence electrons. The van der Waals surface area contributed by atoms with Crippen LogP contribution in [0.4, 0.5) is 0 Å². The minimum atomic E-state index is -0.788. The Labute approximate surface area is 178 Å². The van der Waals surface area contributed by atoms with Gasteiger partial charge in [0.15, 0.2) is 5.78 Å². The molecule has 0 heterocycles. The van der Waals surface area contributed by atoms with Crippen molar-refractivity contribution in [2.24, 2.45) is 11.3 Å². The van der Waals surface area contributed by atoms with Gasteiger partial charge >= 0.3 is 5.97 Å². The Morgan fingerprint density at radius 1 is 1.00 bits per heavy atom. The van der Waals surface area contributed by atoms with Gasteiger partial charge in [0.1, 0.15) is 9.12 Å². The van der Waals surface area contributed by atoms with Gasteiger partial charge in [0.25, 0.3) is 0 Å². The number of hydrogen-bond donors (Lipinski definition) is 1. The minimum Gasteiger partial charge on any atom is -0.481 e. The number of rotatable bonds is 9. The molecule has 1 atom stereocenters. The third-order valence-corrected chi connectivity index (χ3v) is 6.41. The van der Waals surface area contributed by atoms with Crippen molar-refractivity contribution in [2.75, 3.05) is 0 Å². The molecular formula is C24H37O4P. The first kappa shape index (κ1) is 25.5. The molecular weight excluding hydrogens is 383 g/mol. The van der Waals surface area contributed by atoms with E-state index in [-0.39, 0.29) is 5.78 Å². The molecule has 4 nitrogen and oxygen atoms in total. The van der Waals surface area contributed by atoms with E-state index >= 15 is 0 Å². The first-order valence-electron chi connectivity index (χ1n) is 10.9. The molecule has 0 radical (unpaired) electrons. The fraction of sp³-hybridized carbons (Fsp3) is 0.667. The maximum absolute atomic E-state index is 13.8. The Hall–Kier alpha value is -1.54. The lowest BCUT2D eigenvalue weighted by atomic mass is 9.60. The number of Topliss-reactive ketones (excluding diaryl/α,β-unsaturated/α-hetero) is 1. The first-order chi connectivity index (χ1) is 13.8. The topological polar surface area (TPSA) is 71.4 Å². The fourth-order valence-corrected chi connectivity index (χ4v) is 5.11. The zero-order valence-electron chi connectivity index (χ0n) is 18.5. The van der Waals surface area contributed by atoms with Gasteiger partial charge in [-0.05, 0) is 51.2 Å². The first-order valence-corrected chi connectivity index (χ1v) is 11.3. The molecule has 0 saturated heterocycles. The quantitative estimate of drug-likeness (QED) is 0.268. The molecule has 1 aliphatic rings. The van der Waals surface area contributed by atoms with Crippen LogP contribution in [-0.4, -0.2) is 16.9 Å². The van der Waals surface area contributed by atoms with Crippen molar-refractivity contribution >= 4 is 20.9 Å². The zero-order valence-corrected chi connectivity index (χ0v) is 19.5. The second-order valence-electron chi connectivity index (χ2n) is 8.56. The van der Waals surface area contributed by atoms with Crippen molar-refractivity contribution in [1.82, 2.24) is 0 Å². The van der Waals surface area contributed by atoms with E-state index in [1.807, 2.05) is 32.9 Å². The van der Waals surface area contributed by atoms with Crippen molar-refractivity contribution in [3.8, 4) is 0 Å². The zero-order chi connectivity index (χ0) is 22.0. The van der Waals surface area contributed by atoms with Crippen LogP contribution in [0.15, 0.2) is 12.1 Å². The molecule has 1 unspecified atom stereocenters. The van der Waals surface area contributed by atoms with Gasteiger partial charge in [-0.1, -0.05) is 69.6 Å². The van der Waals surface area contributed by atoms with Crippen LogP contribution < -0.4 is 0 Å². The van der Waals surface area contributed by atoms with E-state index in [4.69, 9.17) is 4.57 Å². The van der Waals surface area contributed by atoms with Crippen molar-refractivity contribution in [3.05, 3.63) is 34.4 Å².